The lowest BCUT2D eigenvalue weighted by molar-refractivity contribution is -0.168. The molecule has 4 rings (SSSR count). The molecule has 3 atom stereocenters. The van der Waals surface area contributed by atoms with Gasteiger partial charge >= 0.3 is 6.09 Å². The molecule has 2 aliphatic heterocycles. The minimum atomic E-state index is -0.541. The lowest BCUT2D eigenvalue weighted by Crippen LogP contribution is -2.58. The fourth-order valence-electron chi connectivity index (χ4n) is 4.14. The summed E-state index contributed by atoms with van der Waals surface area (Å²) in [6, 6.07) is 4.83. The largest absolute Gasteiger partial charge is 0.444 e. The van der Waals surface area contributed by atoms with E-state index in [9.17, 15) is 9.18 Å². The number of hydrogen-bond acceptors (Lipinski definition) is 7. The Hall–Kier alpha value is -2.52. The second kappa shape index (κ2) is 8.78. The number of benzene rings is 1. The van der Waals surface area contributed by atoms with Crippen LogP contribution in [0.5, 0.6) is 0 Å². The second-order valence-electron chi connectivity index (χ2n) is 9.61. The summed E-state index contributed by atoms with van der Waals surface area (Å²) < 4.78 is 36.9. The van der Waals surface area contributed by atoms with E-state index in [1.54, 1.807) is 24.0 Å². The average molecular weight is 448 g/mol. The van der Waals surface area contributed by atoms with Crippen molar-refractivity contribution in [1.29, 1.82) is 0 Å². The van der Waals surface area contributed by atoms with E-state index in [0.29, 0.717) is 49.1 Å². The smallest absolute Gasteiger partial charge is 0.410 e. The van der Waals surface area contributed by atoms with Crippen molar-refractivity contribution in [3.63, 3.8) is 0 Å². The number of hydrogen-bond donors (Lipinski definition) is 0. The number of rotatable bonds is 4. The maximum absolute atomic E-state index is 13.9. The Morgan fingerprint density at radius 1 is 1.25 bits per heavy atom. The SMILES string of the molecule is Cc1ccc(-c2noc([C@H](C)OC3C4COCC3CN(C(=O)OC(C)(C)C)C4)n2)cc1F. The Morgan fingerprint density at radius 2 is 1.94 bits per heavy atom. The van der Waals surface area contributed by atoms with E-state index in [0.717, 1.165) is 0 Å². The molecule has 2 bridgehead atoms. The molecule has 1 aromatic heterocycles. The predicted octanol–water partition coefficient (Wildman–Crippen LogP) is 4.14. The molecule has 2 aliphatic rings. The lowest BCUT2D eigenvalue weighted by atomic mass is 9.84. The van der Waals surface area contributed by atoms with Crippen LogP contribution in [0.15, 0.2) is 22.7 Å². The van der Waals surface area contributed by atoms with E-state index < -0.39 is 11.7 Å². The Kier molecular flexibility index (Phi) is 6.22. The fraction of sp³-hybridized carbons (Fsp3) is 0.609. The summed E-state index contributed by atoms with van der Waals surface area (Å²) in [5.41, 5.74) is 0.563. The third-order valence-electron chi connectivity index (χ3n) is 5.74. The number of amides is 1. The molecule has 0 aliphatic carbocycles. The van der Waals surface area contributed by atoms with Gasteiger partial charge < -0.3 is 23.6 Å². The first kappa shape index (κ1) is 22.7. The molecular formula is C23H30FN3O5. The van der Waals surface area contributed by atoms with Crippen molar-refractivity contribution in [2.24, 2.45) is 11.8 Å². The van der Waals surface area contributed by atoms with Gasteiger partial charge in [-0.3, -0.25) is 0 Å². The summed E-state index contributed by atoms with van der Waals surface area (Å²) in [7, 11) is 0. The molecule has 0 N–H and O–H groups in total. The van der Waals surface area contributed by atoms with Crippen LogP contribution >= 0.6 is 0 Å². The van der Waals surface area contributed by atoms with Crippen LogP contribution in [0.3, 0.4) is 0 Å². The molecule has 2 fully saturated rings. The Bertz CT molecular complexity index is 959. The van der Waals surface area contributed by atoms with Gasteiger partial charge in [-0.05, 0) is 46.2 Å². The number of halogens is 1. The quantitative estimate of drug-likeness (QED) is 0.696. The summed E-state index contributed by atoms with van der Waals surface area (Å²) in [5.74, 6) is 0.368. The Morgan fingerprint density at radius 3 is 2.56 bits per heavy atom. The number of ether oxygens (including phenoxy) is 3. The molecule has 32 heavy (non-hydrogen) atoms. The molecular weight excluding hydrogens is 417 g/mol. The van der Waals surface area contributed by atoms with Crippen LogP contribution < -0.4 is 0 Å². The zero-order valence-electron chi connectivity index (χ0n) is 19.1. The molecule has 9 heteroatoms. The highest BCUT2D eigenvalue weighted by Crippen LogP contribution is 2.34. The molecule has 174 valence electrons. The zero-order valence-corrected chi connectivity index (χ0v) is 19.1. The topological polar surface area (TPSA) is 86.9 Å². The van der Waals surface area contributed by atoms with Gasteiger partial charge in [-0.25, -0.2) is 9.18 Å². The van der Waals surface area contributed by atoms with Gasteiger partial charge in [0.2, 0.25) is 5.82 Å². The summed E-state index contributed by atoms with van der Waals surface area (Å²) in [6.07, 6.45) is -0.870. The van der Waals surface area contributed by atoms with Crippen LogP contribution in [0, 0.1) is 24.6 Å². The number of likely N-dealkylation sites (tertiary alicyclic amines) is 1. The highest BCUT2D eigenvalue weighted by atomic mass is 19.1. The fourth-order valence-corrected chi connectivity index (χ4v) is 4.14. The van der Waals surface area contributed by atoms with Gasteiger partial charge in [-0.2, -0.15) is 4.98 Å². The summed E-state index contributed by atoms with van der Waals surface area (Å²) >= 11 is 0. The maximum atomic E-state index is 13.9. The van der Waals surface area contributed by atoms with Gasteiger partial charge in [0, 0.05) is 30.5 Å². The maximum Gasteiger partial charge on any atom is 0.410 e. The first-order valence-electron chi connectivity index (χ1n) is 10.9. The molecule has 2 unspecified atom stereocenters. The number of aryl methyl sites for hydroxylation is 1. The van der Waals surface area contributed by atoms with Crippen molar-refractivity contribution < 1.29 is 27.9 Å². The number of fused-ring (bicyclic) bond motifs is 2. The van der Waals surface area contributed by atoms with Crippen LogP contribution in [0.2, 0.25) is 0 Å². The van der Waals surface area contributed by atoms with Crippen LogP contribution in [0.4, 0.5) is 9.18 Å². The minimum Gasteiger partial charge on any atom is -0.444 e. The van der Waals surface area contributed by atoms with Crippen molar-refractivity contribution in [2.45, 2.75) is 52.4 Å². The average Bonchev–Trinajstić information content (AvgIpc) is 3.19. The van der Waals surface area contributed by atoms with E-state index in [1.807, 2.05) is 27.7 Å². The van der Waals surface area contributed by atoms with E-state index in [1.165, 1.54) is 6.07 Å². The van der Waals surface area contributed by atoms with Gasteiger partial charge in [-0.1, -0.05) is 17.3 Å². The first-order valence-corrected chi connectivity index (χ1v) is 10.9. The van der Waals surface area contributed by atoms with Crippen molar-refractivity contribution in [1.82, 2.24) is 15.0 Å². The lowest BCUT2D eigenvalue weighted by Gasteiger charge is -2.47. The van der Waals surface area contributed by atoms with Crippen LogP contribution in [0.1, 0.15) is 45.3 Å². The van der Waals surface area contributed by atoms with E-state index >= 15 is 0 Å². The van der Waals surface area contributed by atoms with Crippen LogP contribution in [-0.2, 0) is 14.2 Å². The van der Waals surface area contributed by atoms with Crippen molar-refractivity contribution >= 4 is 6.09 Å². The summed E-state index contributed by atoms with van der Waals surface area (Å²) in [4.78, 5) is 18.7. The Labute approximate surface area is 187 Å². The van der Waals surface area contributed by atoms with E-state index in [2.05, 4.69) is 10.1 Å². The highest BCUT2D eigenvalue weighted by molar-refractivity contribution is 5.68. The molecule has 8 nitrogen and oxygen atoms in total. The van der Waals surface area contributed by atoms with Gasteiger partial charge in [-0.15, -0.1) is 0 Å². The second-order valence-corrected chi connectivity index (χ2v) is 9.61. The van der Waals surface area contributed by atoms with Crippen LogP contribution in [-0.4, -0.2) is 59.1 Å². The van der Waals surface area contributed by atoms with Crippen LogP contribution in [0.25, 0.3) is 11.4 Å². The zero-order chi connectivity index (χ0) is 23.0. The van der Waals surface area contributed by atoms with Crippen molar-refractivity contribution in [3.05, 3.63) is 35.5 Å². The van der Waals surface area contributed by atoms with Crippen molar-refractivity contribution in [3.8, 4) is 11.4 Å². The monoisotopic (exact) mass is 447 g/mol. The van der Waals surface area contributed by atoms with Gasteiger partial charge in [0.1, 0.15) is 17.5 Å². The molecule has 2 saturated heterocycles. The number of piperidine rings is 1. The summed E-state index contributed by atoms with van der Waals surface area (Å²) in [6.45, 7) is 11.1. The van der Waals surface area contributed by atoms with Gasteiger partial charge in [0.25, 0.3) is 5.89 Å². The van der Waals surface area contributed by atoms with Gasteiger partial charge in [0.05, 0.1) is 19.3 Å². The summed E-state index contributed by atoms with van der Waals surface area (Å²) in [5, 5.41) is 3.99. The molecule has 0 saturated carbocycles. The van der Waals surface area contributed by atoms with Gasteiger partial charge in [0.15, 0.2) is 0 Å². The molecule has 0 radical (unpaired) electrons. The third kappa shape index (κ3) is 4.94. The predicted molar refractivity (Wildman–Crippen MR) is 113 cm³/mol. The third-order valence-corrected chi connectivity index (χ3v) is 5.74. The van der Waals surface area contributed by atoms with E-state index in [4.69, 9.17) is 18.7 Å². The molecule has 1 aromatic carbocycles. The number of carbonyl (C=O) groups excluding carboxylic acids is 1. The number of aromatic nitrogens is 2. The normalized spacial score (nSPS) is 24.3. The minimum absolute atomic E-state index is 0.0195. The van der Waals surface area contributed by atoms with E-state index in [-0.39, 0.29) is 29.9 Å². The molecule has 0 spiro atoms. The first-order chi connectivity index (χ1) is 15.1. The highest BCUT2D eigenvalue weighted by Gasteiger charge is 2.44. The molecule has 3 heterocycles. The molecule has 2 aromatic rings. The Balaban J connectivity index is 1.42. The number of carbonyl (C=O) groups is 1. The number of nitrogens with zero attached hydrogens (tertiary/aromatic N) is 3. The standard InChI is InChI=1S/C23H30FN3O5/c1-13-6-7-15(8-18(13)24)20-25-21(32-26-20)14(2)30-19-16-9-27(10-17(19)12-29-11-16)22(28)31-23(3,4)5/h6-8,14,16-17,19H,9-12H2,1-5H3/t14-,16?,17?,19?/m0/s1. The molecule has 1 amide bonds. The van der Waals surface area contributed by atoms with Crippen molar-refractivity contribution in [2.75, 3.05) is 26.3 Å².